The summed E-state index contributed by atoms with van der Waals surface area (Å²) in [6.07, 6.45) is 5.89. The van der Waals surface area contributed by atoms with Gasteiger partial charge in [-0.05, 0) is 18.6 Å². The van der Waals surface area contributed by atoms with Crippen LogP contribution in [0.15, 0.2) is 18.2 Å². The van der Waals surface area contributed by atoms with Crippen LogP contribution in [0.2, 0.25) is 0 Å². The first-order valence-electron chi connectivity index (χ1n) is 5.30. The van der Waals surface area contributed by atoms with Crippen LogP contribution in [0.4, 0.5) is 11.4 Å². The standard InChI is InChI=1S/C12H13N3O3/c1-3-9(4-2)14-10-7-8(12(13)16)5-6-11(10)15(17)18/h1,5-7,9,14H,4H2,2H3,(H2,13,16). The molecule has 0 aliphatic carbocycles. The Labute approximate surface area is 104 Å². The number of nitrogens with zero attached hydrogens (tertiary/aromatic N) is 1. The number of amides is 1. The van der Waals surface area contributed by atoms with Crippen LogP contribution in [-0.2, 0) is 0 Å². The second kappa shape index (κ2) is 5.68. The molecule has 0 bridgehead atoms. The van der Waals surface area contributed by atoms with Gasteiger partial charge < -0.3 is 11.1 Å². The van der Waals surface area contributed by atoms with E-state index >= 15 is 0 Å². The van der Waals surface area contributed by atoms with Crippen molar-refractivity contribution in [2.24, 2.45) is 5.73 Å². The number of nitro groups is 1. The molecule has 0 aliphatic heterocycles. The minimum Gasteiger partial charge on any atom is -0.366 e. The van der Waals surface area contributed by atoms with Crippen LogP contribution < -0.4 is 11.1 Å². The average Bonchev–Trinajstić information content (AvgIpc) is 2.35. The number of hydrogen-bond donors (Lipinski definition) is 2. The number of primary amides is 1. The Morgan fingerprint density at radius 1 is 1.67 bits per heavy atom. The number of anilines is 1. The second-order valence-corrected chi connectivity index (χ2v) is 3.63. The summed E-state index contributed by atoms with van der Waals surface area (Å²) >= 11 is 0. The zero-order valence-electron chi connectivity index (χ0n) is 9.84. The Morgan fingerprint density at radius 2 is 2.33 bits per heavy atom. The maximum Gasteiger partial charge on any atom is 0.292 e. The molecule has 1 unspecified atom stereocenters. The van der Waals surface area contributed by atoms with E-state index in [4.69, 9.17) is 12.2 Å². The highest BCUT2D eigenvalue weighted by atomic mass is 16.6. The molecule has 3 N–H and O–H groups in total. The molecule has 1 atom stereocenters. The molecule has 1 amide bonds. The van der Waals surface area contributed by atoms with E-state index in [-0.39, 0.29) is 23.0 Å². The molecule has 94 valence electrons. The highest BCUT2D eigenvalue weighted by Crippen LogP contribution is 2.26. The van der Waals surface area contributed by atoms with Crippen molar-refractivity contribution in [3.63, 3.8) is 0 Å². The van der Waals surface area contributed by atoms with Gasteiger partial charge in [0, 0.05) is 11.6 Å². The van der Waals surface area contributed by atoms with E-state index in [0.717, 1.165) is 0 Å². The van der Waals surface area contributed by atoms with E-state index in [1.165, 1.54) is 18.2 Å². The topological polar surface area (TPSA) is 98.3 Å². The molecule has 0 saturated heterocycles. The van der Waals surface area contributed by atoms with Gasteiger partial charge in [-0.25, -0.2) is 0 Å². The molecule has 0 fully saturated rings. The molecule has 0 saturated carbocycles. The first-order chi connectivity index (χ1) is 8.49. The Hall–Kier alpha value is -2.55. The summed E-state index contributed by atoms with van der Waals surface area (Å²) in [5, 5.41) is 13.7. The van der Waals surface area contributed by atoms with Crippen molar-refractivity contribution in [2.45, 2.75) is 19.4 Å². The summed E-state index contributed by atoms with van der Waals surface area (Å²) in [5.74, 6) is 1.81. The van der Waals surface area contributed by atoms with Gasteiger partial charge in [0.05, 0.1) is 11.0 Å². The average molecular weight is 247 g/mol. The number of nitrogens with one attached hydrogen (secondary N) is 1. The van der Waals surface area contributed by atoms with E-state index in [2.05, 4.69) is 11.2 Å². The smallest absolute Gasteiger partial charge is 0.292 e. The fourth-order valence-corrected chi connectivity index (χ4v) is 1.41. The zero-order chi connectivity index (χ0) is 13.7. The quantitative estimate of drug-likeness (QED) is 0.468. The van der Waals surface area contributed by atoms with E-state index in [9.17, 15) is 14.9 Å². The largest absolute Gasteiger partial charge is 0.366 e. The lowest BCUT2D eigenvalue weighted by atomic mass is 10.1. The number of nitro benzene ring substituents is 1. The van der Waals surface area contributed by atoms with Crippen molar-refractivity contribution in [2.75, 3.05) is 5.32 Å². The van der Waals surface area contributed by atoms with Crippen molar-refractivity contribution in [1.29, 1.82) is 0 Å². The van der Waals surface area contributed by atoms with Crippen LogP contribution >= 0.6 is 0 Å². The van der Waals surface area contributed by atoms with Crippen molar-refractivity contribution >= 4 is 17.3 Å². The molecule has 6 heteroatoms. The molecule has 1 aromatic carbocycles. The monoisotopic (exact) mass is 247 g/mol. The molecule has 6 nitrogen and oxygen atoms in total. The summed E-state index contributed by atoms with van der Waals surface area (Å²) < 4.78 is 0. The van der Waals surface area contributed by atoms with E-state index < -0.39 is 10.8 Å². The van der Waals surface area contributed by atoms with Crippen LogP contribution in [0.1, 0.15) is 23.7 Å². The number of carbonyl (C=O) groups is 1. The predicted molar refractivity (Wildman–Crippen MR) is 68.1 cm³/mol. The number of terminal acetylenes is 1. The summed E-state index contributed by atoms with van der Waals surface area (Å²) in [4.78, 5) is 21.4. The van der Waals surface area contributed by atoms with Gasteiger partial charge in [0.1, 0.15) is 5.69 Å². The molecular weight excluding hydrogens is 234 g/mol. The number of hydrogen-bond acceptors (Lipinski definition) is 4. The number of rotatable bonds is 5. The van der Waals surface area contributed by atoms with E-state index in [1.54, 1.807) is 0 Å². The van der Waals surface area contributed by atoms with Crippen LogP contribution in [0.5, 0.6) is 0 Å². The van der Waals surface area contributed by atoms with Crippen molar-refractivity contribution < 1.29 is 9.72 Å². The van der Waals surface area contributed by atoms with Crippen molar-refractivity contribution in [3.8, 4) is 12.3 Å². The van der Waals surface area contributed by atoms with Gasteiger partial charge in [0.25, 0.3) is 5.69 Å². The minimum absolute atomic E-state index is 0.145. The predicted octanol–water partition coefficient (Wildman–Crippen LogP) is 1.52. The molecule has 1 rings (SSSR count). The minimum atomic E-state index is -0.651. The maximum absolute atomic E-state index is 11.0. The highest BCUT2D eigenvalue weighted by molar-refractivity contribution is 5.94. The lowest BCUT2D eigenvalue weighted by molar-refractivity contribution is -0.384. The van der Waals surface area contributed by atoms with Gasteiger partial charge in [-0.2, -0.15) is 0 Å². The third-order valence-corrected chi connectivity index (χ3v) is 2.42. The zero-order valence-corrected chi connectivity index (χ0v) is 9.84. The van der Waals surface area contributed by atoms with Crippen molar-refractivity contribution in [1.82, 2.24) is 0 Å². The SMILES string of the molecule is C#CC(CC)Nc1cc(C(N)=O)ccc1[N+](=O)[O-]. The maximum atomic E-state index is 11.0. The number of nitrogens with two attached hydrogens (primary N) is 1. The molecule has 1 aromatic rings. The van der Waals surface area contributed by atoms with Crippen LogP contribution in [0, 0.1) is 22.5 Å². The normalized spacial score (nSPS) is 11.3. The number of benzene rings is 1. The first kappa shape index (κ1) is 13.5. The lowest BCUT2D eigenvalue weighted by Gasteiger charge is -2.12. The molecule has 0 heterocycles. The molecule has 0 aliphatic rings. The van der Waals surface area contributed by atoms with Gasteiger partial charge in [-0.1, -0.05) is 12.8 Å². The summed E-state index contributed by atoms with van der Waals surface area (Å²) in [5.41, 5.74) is 5.37. The van der Waals surface area contributed by atoms with Crippen molar-refractivity contribution in [3.05, 3.63) is 33.9 Å². The van der Waals surface area contributed by atoms with Crippen LogP contribution in [0.25, 0.3) is 0 Å². The Kier molecular flexibility index (Phi) is 4.27. The van der Waals surface area contributed by atoms with E-state index in [0.29, 0.717) is 6.42 Å². The summed E-state index contributed by atoms with van der Waals surface area (Å²) in [6, 6.07) is 3.53. The van der Waals surface area contributed by atoms with Gasteiger partial charge >= 0.3 is 0 Å². The Bertz CT molecular complexity index is 520. The van der Waals surface area contributed by atoms with Gasteiger partial charge in [-0.3, -0.25) is 14.9 Å². The molecule has 0 aromatic heterocycles. The van der Waals surface area contributed by atoms with Gasteiger partial charge in [-0.15, -0.1) is 6.42 Å². The van der Waals surface area contributed by atoms with Gasteiger partial charge in [0.15, 0.2) is 0 Å². The highest BCUT2D eigenvalue weighted by Gasteiger charge is 2.17. The third-order valence-electron chi connectivity index (χ3n) is 2.42. The van der Waals surface area contributed by atoms with Crippen LogP contribution in [0.3, 0.4) is 0 Å². The fourth-order valence-electron chi connectivity index (χ4n) is 1.41. The van der Waals surface area contributed by atoms with Crippen LogP contribution in [-0.4, -0.2) is 16.9 Å². The molecule has 0 spiro atoms. The Morgan fingerprint density at radius 3 is 2.78 bits per heavy atom. The summed E-state index contributed by atoms with van der Waals surface area (Å²) in [7, 11) is 0. The fraction of sp³-hybridized carbons (Fsp3) is 0.250. The van der Waals surface area contributed by atoms with E-state index in [1.807, 2.05) is 6.92 Å². The molecule has 0 radical (unpaired) electrons. The summed E-state index contributed by atoms with van der Waals surface area (Å²) in [6.45, 7) is 1.85. The third kappa shape index (κ3) is 2.98. The van der Waals surface area contributed by atoms with Gasteiger partial charge in [0.2, 0.25) is 5.91 Å². The second-order valence-electron chi connectivity index (χ2n) is 3.63. The molecular formula is C12H13N3O3. The molecule has 18 heavy (non-hydrogen) atoms. The lowest BCUT2D eigenvalue weighted by Crippen LogP contribution is -2.18. The Balaban J connectivity index is 3.20. The number of carbonyl (C=O) groups excluding carboxylic acids is 1. The first-order valence-corrected chi connectivity index (χ1v) is 5.30.